The van der Waals surface area contributed by atoms with Crippen molar-refractivity contribution < 1.29 is 442 Å². The molecular weight excluding hydrogens is 3900 g/mol. The van der Waals surface area contributed by atoms with Crippen molar-refractivity contribution in [3.8, 4) is 0 Å². The van der Waals surface area contributed by atoms with Gasteiger partial charge in [0.15, 0.2) is 0 Å². The molecule has 0 rings (SSSR count). The van der Waals surface area contributed by atoms with E-state index in [4.69, 9.17) is 0 Å². The zero-order valence-corrected chi connectivity index (χ0v) is 72.8. The van der Waals surface area contributed by atoms with Crippen molar-refractivity contribution in [3.63, 3.8) is 0 Å². The number of rotatable bonds is 0. The van der Waals surface area contributed by atoms with Crippen molar-refractivity contribution in [1.82, 2.24) is 0 Å². The number of hydrogen-bond acceptors (Lipinski definition) is 0. The van der Waals surface area contributed by atoms with Crippen molar-refractivity contribution in [3.05, 3.63) is 6.42 Å². The fourth-order valence-corrected chi connectivity index (χ4v) is 0. The van der Waals surface area contributed by atoms with E-state index < -0.39 is 0 Å². The van der Waals surface area contributed by atoms with Crippen LogP contribution in [-0.2, 0) is 442 Å². The van der Waals surface area contributed by atoms with Crippen molar-refractivity contribution in [2.45, 2.75) is 13.8 Å². The molecule has 0 radical (unpaired) electrons. The molecule has 0 fully saturated rings. The molecule has 0 heterocycles. The zero-order valence-electron chi connectivity index (χ0n) is 11.2. The van der Waals surface area contributed by atoms with E-state index in [1.54, 1.807) is 0 Å². The van der Waals surface area contributed by atoms with Gasteiger partial charge in [0.1, 0.15) is 0 Å². The van der Waals surface area contributed by atoms with Gasteiger partial charge in [-0.05, 0) is 0 Å². The second-order valence-corrected chi connectivity index (χ2v) is 0.577. The first-order valence-electron chi connectivity index (χ1n) is 1.15. The Labute approximate surface area is 450 Å². The molecule has 0 aromatic carbocycles. The minimum absolute atomic E-state index is 0. The summed E-state index contributed by atoms with van der Waals surface area (Å²) >= 11 is 0. The van der Waals surface area contributed by atoms with Gasteiger partial charge in [0.2, 0.25) is 0 Å². The van der Waals surface area contributed by atoms with Gasteiger partial charge in [-0.15, -0.1) is 0 Å². The van der Waals surface area contributed by atoms with E-state index in [-0.39, 0.29) is 442 Å². The van der Waals surface area contributed by atoms with Gasteiger partial charge >= 0.3 is 0 Å². The van der Waals surface area contributed by atoms with Crippen molar-refractivity contribution >= 4 is 0 Å². The van der Waals surface area contributed by atoms with Crippen LogP contribution in [0.1, 0.15) is 13.8 Å². The number of hydrogen-bond donors (Lipinski definition) is 0. The summed E-state index contributed by atoms with van der Waals surface area (Å²) in [5.74, 6) is 0. The van der Waals surface area contributed by atoms with E-state index in [9.17, 15) is 0 Å². The minimum atomic E-state index is 0. The Morgan fingerprint density at radius 2 is 0.208 bits per heavy atom. The molecule has 0 spiro atoms. The Morgan fingerprint density at radius 1 is 0.208 bits per heavy atom. The second-order valence-electron chi connectivity index (χ2n) is 0.577. The second kappa shape index (κ2) is 208. The van der Waals surface area contributed by atoms with Crippen LogP contribution in [0.5, 0.6) is 0 Å². The van der Waals surface area contributed by atoms with Gasteiger partial charge in [0.05, 0.1) is 0 Å². The maximum Gasteiger partial charge on any atom is 0 e. The normalized spacial score (nSPS) is 0.750. The molecule has 0 nitrogen and oxygen atoms in total. The summed E-state index contributed by atoms with van der Waals surface area (Å²) in [6.45, 7) is 4.00. The predicted octanol–water partition coefficient (Wildman–Crippen LogP) is 1.18. The van der Waals surface area contributed by atoms with E-state index in [0.717, 1.165) is 0 Å². The first kappa shape index (κ1) is 199. The molecule has 0 unspecified atom stereocenters. The first-order chi connectivity index (χ1) is 1.41. The smallest absolute Gasteiger partial charge is 0 e. The largest absolute Gasteiger partial charge is 0.335 e. The SMILES string of the molecule is C[CH-]C.[W].[W].[W].[W].[W].[W].[W].[W].[W].[W].[W].[W].[W].[W].[W].[W].[W].[W].[W].[W].[W]. The predicted molar refractivity (Wildman–Crippen MR) is 15.6 cm³/mol. The fraction of sp³-hybridized carbons (Fsp3) is 0.667. The van der Waals surface area contributed by atoms with Gasteiger partial charge in [-0.2, -0.15) is 13.8 Å². The monoisotopic (exact) mass is 3910 g/mol. The van der Waals surface area contributed by atoms with Crippen LogP contribution >= 0.6 is 0 Å². The van der Waals surface area contributed by atoms with E-state index in [2.05, 4.69) is 0 Å². The molecule has 0 atom stereocenters. The van der Waals surface area contributed by atoms with Gasteiger partial charge in [0, 0.05) is 442 Å². The maximum absolute atomic E-state index is 2.00. The first-order valence-corrected chi connectivity index (χ1v) is 1.15. The van der Waals surface area contributed by atoms with Crippen LogP contribution < -0.4 is 0 Å². The summed E-state index contributed by atoms with van der Waals surface area (Å²) in [6.07, 6.45) is 2.00. The molecule has 0 aliphatic heterocycles. The van der Waals surface area contributed by atoms with Crippen LogP contribution in [-0.4, -0.2) is 0 Å². The van der Waals surface area contributed by atoms with Gasteiger partial charge in [-0.1, -0.05) is 0 Å². The maximum atomic E-state index is 2.00. The Morgan fingerprint density at radius 3 is 0.208 bits per heavy atom. The summed E-state index contributed by atoms with van der Waals surface area (Å²) in [4.78, 5) is 0. The summed E-state index contributed by atoms with van der Waals surface area (Å²) in [7, 11) is 0. The van der Waals surface area contributed by atoms with E-state index in [1.165, 1.54) is 0 Å². The molecule has 146 valence electrons. The summed E-state index contributed by atoms with van der Waals surface area (Å²) in [5, 5.41) is 0. The van der Waals surface area contributed by atoms with Gasteiger partial charge in [0.25, 0.3) is 0 Å². The third-order valence-electron chi connectivity index (χ3n) is 0. The molecule has 21 heteroatoms. The van der Waals surface area contributed by atoms with Crippen LogP contribution in [0.3, 0.4) is 0 Å². The molecule has 0 amide bonds. The minimum Gasteiger partial charge on any atom is -0.335 e. The van der Waals surface area contributed by atoms with E-state index in [1.807, 2.05) is 20.3 Å². The van der Waals surface area contributed by atoms with Crippen LogP contribution in [0.15, 0.2) is 0 Å². The molecule has 0 aliphatic rings. The zero-order chi connectivity index (χ0) is 2.71. The molecule has 0 saturated heterocycles. The third-order valence-corrected chi connectivity index (χ3v) is 0. The Hall–Kier alpha value is 14.5. The van der Waals surface area contributed by atoms with Crippen LogP contribution in [0.25, 0.3) is 0 Å². The standard InChI is InChI=1S/C3H7.21W/c1-3-2;;;;;;;;;;;;;;;;;;;;;/h3H,1-2H3;;;;;;;;;;;;;;;;;;;;;/q-1;;;;;;;;;;;;;;;;;;;;;. The van der Waals surface area contributed by atoms with E-state index >= 15 is 0 Å². The average Bonchev–Trinajstić information content (AvgIpc) is 0.918. The van der Waals surface area contributed by atoms with Crippen LogP contribution in [0.2, 0.25) is 0 Å². The Bertz CT molecular complexity index is 13.0. The van der Waals surface area contributed by atoms with Crippen LogP contribution in [0, 0.1) is 6.42 Å². The fourth-order valence-electron chi connectivity index (χ4n) is 0. The van der Waals surface area contributed by atoms with E-state index in [0.29, 0.717) is 0 Å². The van der Waals surface area contributed by atoms with Gasteiger partial charge < -0.3 is 6.42 Å². The Kier molecular flexibility index (Phi) is 1730. The third kappa shape index (κ3) is 219. The average molecular weight is 3900 g/mol. The summed E-state index contributed by atoms with van der Waals surface area (Å²) in [5.41, 5.74) is 0. The molecule has 0 aliphatic carbocycles. The van der Waals surface area contributed by atoms with Crippen molar-refractivity contribution in [2.75, 3.05) is 0 Å². The molecule has 0 N–H and O–H groups in total. The summed E-state index contributed by atoms with van der Waals surface area (Å²) in [6, 6.07) is 0. The summed E-state index contributed by atoms with van der Waals surface area (Å²) < 4.78 is 0. The molecule has 24 heavy (non-hydrogen) atoms. The van der Waals surface area contributed by atoms with Crippen LogP contribution in [0.4, 0.5) is 0 Å². The van der Waals surface area contributed by atoms with Gasteiger partial charge in [-0.3, -0.25) is 0 Å². The van der Waals surface area contributed by atoms with Crippen molar-refractivity contribution in [1.29, 1.82) is 0 Å². The molecule has 0 bridgehead atoms. The van der Waals surface area contributed by atoms with Gasteiger partial charge in [-0.25, -0.2) is 0 Å². The topological polar surface area (TPSA) is 0 Å². The quantitative estimate of drug-likeness (QED) is 0.321. The molecule has 0 aromatic heterocycles. The van der Waals surface area contributed by atoms with Crippen molar-refractivity contribution in [2.24, 2.45) is 0 Å². The molecule has 0 saturated carbocycles. The Balaban J connectivity index is -0.0000000000952. The molecular formula is C3H7W21-. The molecule has 0 aromatic rings.